The third kappa shape index (κ3) is 1.97. The number of thiophene rings is 1. The topological polar surface area (TPSA) is 41.1 Å². The van der Waals surface area contributed by atoms with Gasteiger partial charge in [0.1, 0.15) is 17.0 Å². The van der Waals surface area contributed by atoms with E-state index in [1.807, 2.05) is 0 Å². The zero-order chi connectivity index (χ0) is 12.7. The van der Waals surface area contributed by atoms with Gasteiger partial charge in [-0.1, -0.05) is 0 Å². The smallest absolute Gasteiger partial charge is 0.138 e. The Hall–Kier alpha value is -1.20. The largest absolute Gasteiger partial charge is 0.365 e. The van der Waals surface area contributed by atoms with Crippen LogP contribution in [-0.2, 0) is 0 Å². The first-order chi connectivity index (χ1) is 8.65. The van der Waals surface area contributed by atoms with Gasteiger partial charge in [0.15, 0.2) is 0 Å². The fourth-order valence-electron chi connectivity index (χ4n) is 2.54. The van der Waals surface area contributed by atoms with Gasteiger partial charge in [0.2, 0.25) is 0 Å². The van der Waals surface area contributed by atoms with E-state index in [-0.39, 0.29) is 0 Å². The molecule has 0 aliphatic carbocycles. The maximum absolute atomic E-state index is 4.44. The second-order valence-corrected chi connectivity index (χ2v) is 6.28. The van der Waals surface area contributed by atoms with E-state index in [2.05, 4.69) is 41.1 Å². The minimum atomic E-state index is 0.507. The number of likely N-dealkylation sites (N-methyl/N-ethyl adjacent to an activating group) is 1. The van der Waals surface area contributed by atoms with E-state index in [9.17, 15) is 0 Å². The predicted molar refractivity (Wildman–Crippen MR) is 76.4 cm³/mol. The summed E-state index contributed by atoms with van der Waals surface area (Å²) in [6.07, 6.45) is 2.85. The van der Waals surface area contributed by atoms with Gasteiger partial charge in [0, 0.05) is 17.5 Å². The maximum atomic E-state index is 4.44. The van der Waals surface area contributed by atoms with Gasteiger partial charge in [-0.05, 0) is 39.4 Å². The monoisotopic (exact) mass is 262 g/mol. The number of hydrogen-bond donors (Lipinski definition) is 1. The normalized spacial score (nSPS) is 20.7. The Balaban J connectivity index is 1.96. The molecule has 0 saturated carbocycles. The van der Waals surface area contributed by atoms with E-state index in [0.717, 1.165) is 23.7 Å². The SMILES string of the molecule is Cc1sc2ncnc(NC3CCN(C)C3)c2c1C. The van der Waals surface area contributed by atoms with Crippen LogP contribution in [0.4, 0.5) is 5.82 Å². The first-order valence-electron chi connectivity index (χ1n) is 6.31. The van der Waals surface area contributed by atoms with Gasteiger partial charge >= 0.3 is 0 Å². The van der Waals surface area contributed by atoms with Crippen molar-refractivity contribution < 1.29 is 0 Å². The number of fused-ring (bicyclic) bond motifs is 1. The van der Waals surface area contributed by atoms with Crippen molar-refractivity contribution in [2.75, 3.05) is 25.5 Å². The fraction of sp³-hybridized carbons (Fsp3) is 0.538. The molecule has 1 fully saturated rings. The molecule has 4 nitrogen and oxygen atoms in total. The zero-order valence-corrected chi connectivity index (χ0v) is 11.8. The molecule has 2 aromatic heterocycles. The van der Waals surface area contributed by atoms with E-state index >= 15 is 0 Å². The number of hydrogen-bond acceptors (Lipinski definition) is 5. The number of aryl methyl sites for hydroxylation is 2. The zero-order valence-electron chi connectivity index (χ0n) is 11.0. The molecule has 2 aromatic rings. The Morgan fingerprint density at radius 1 is 1.39 bits per heavy atom. The lowest BCUT2D eigenvalue weighted by atomic mass is 10.2. The molecule has 1 aliphatic rings. The molecule has 3 heterocycles. The lowest BCUT2D eigenvalue weighted by Gasteiger charge is -2.14. The van der Waals surface area contributed by atoms with Crippen molar-refractivity contribution in [1.82, 2.24) is 14.9 Å². The maximum Gasteiger partial charge on any atom is 0.138 e. The molecule has 0 spiro atoms. The summed E-state index contributed by atoms with van der Waals surface area (Å²) in [7, 11) is 2.16. The van der Waals surface area contributed by atoms with Gasteiger partial charge in [0.25, 0.3) is 0 Å². The molecule has 1 aliphatic heterocycles. The highest BCUT2D eigenvalue weighted by molar-refractivity contribution is 7.18. The number of rotatable bonds is 2. The van der Waals surface area contributed by atoms with Crippen molar-refractivity contribution in [2.45, 2.75) is 26.3 Å². The Kier molecular flexibility index (Phi) is 2.95. The van der Waals surface area contributed by atoms with E-state index in [1.54, 1.807) is 17.7 Å². The van der Waals surface area contributed by atoms with Crippen molar-refractivity contribution in [1.29, 1.82) is 0 Å². The highest BCUT2D eigenvalue weighted by atomic mass is 32.1. The second kappa shape index (κ2) is 4.48. The molecule has 0 bridgehead atoms. The highest BCUT2D eigenvalue weighted by Crippen LogP contribution is 2.33. The molecule has 1 N–H and O–H groups in total. The van der Waals surface area contributed by atoms with Crippen molar-refractivity contribution >= 4 is 27.4 Å². The molecule has 0 radical (unpaired) electrons. The van der Waals surface area contributed by atoms with Crippen molar-refractivity contribution in [3.8, 4) is 0 Å². The number of nitrogens with zero attached hydrogens (tertiary/aromatic N) is 3. The molecule has 1 atom stereocenters. The standard InChI is InChI=1S/C13H18N4S/c1-8-9(2)18-13-11(8)12(14-7-15-13)16-10-4-5-17(3)6-10/h7,10H,4-6H2,1-3H3,(H,14,15,16). The lowest BCUT2D eigenvalue weighted by Crippen LogP contribution is -2.24. The molecule has 1 unspecified atom stereocenters. The summed E-state index contributed by atoms with van der Waals surface area (Å²) in [4.78, 5) is 13.6. The van der Waals surface area contributed by atoms with Gasteiger partial charge in [-0.2, -0.15) is 0 Å². The van der Waals surface area contributed by atoms with E-state index in [4.69, 9.17) is 0 Å². The Bertz CT molecular complexity index is 578. The Morgan fingerprint density at radius 2 is 2.22 bits per heavy atom. The van der Waals surface area contributed by atoms with Crippen LogP contribution in [0.25, 0.3) is 10.2 Å². The molecular formula is C13H18N4S. The third-order valence-electron chi connectivity index (χ3n) is 3.70. The van der Waals surface area contributed by atoms with Crippen molar-refractivity contribution in [3.63, 3.8) is 0 Å². The molecule has 0 amide bonds. The van der Waals surface area contributed by atoms with Crippen LogP contribution in [0.2, 0.25) is 0 Å². The summed E-state index contributed by atoms with van der Waals surface area (Å²) in [5, 5.41) is 4.79. The van der Waals surface area contributed by atoms with Gasteiger partial charge in [-0.3, -0.25) is 0 Å². The molecule has 5 heteroatoms. The van der Waals surface area contributed by atoms with Crippen molar-refractivity contribution in [2.24, 2.45) is 0 Å². The van der Waals surface area contributed by atoms with Crippen LogP contribution >= 0.6 is 11.3 Å². The van der Waals surface area contributed by atoms with Crippen LogP contribution in [-0.4, -0.2) is 41.0 Å². The summed E-state index contributed by atoms with van der Waals surface area (Å²) in [6.45, 7) is 6.56. The molecule has 96 valence electrons. The average Bonchev–Trinajstić information content (AvgIpc) is 2.86. The number of likely N-dealkylation sites (tertiary alicyclic amines) is 1. The summed E-state index contributed by atoms with van der Waals surface area (Å²) in [5.41, 5.74) is 1.31. The van der Waals surface area contributed by atoms with Gasteiger partial charge in [-0.15, -0.1) is 11.3 Å². The minimum absolute atomic E-state index is 0.507. The summed E-state index contributed by atoms with van der Waals surface area (Å²) in [5.74, 6) is 1.00. The molecular weight excluding hydrogens is 244 g/mol. The van der Waals surface area contributed by atoms with Gasteiger partial charge in [0.05, 0.1) is 5.39 Å². The highest BCUT2D eigenvalue weighted by Gasteiger charge is 2.21. The Morgan fingerprint density at radius 3 is 2.94 bits per heavy atom. The lowest BCUT2D eigenvalue weighted by molar-refractivity contribution is 0.414. The third-order valence-corrected chi connectivity index (χ3v) is 4.81. The average molecular weight is 262 g/mol. The number of aromatic nitrogens is 2. The molecule has 1 saturated heterocycles. The van der Waals surface area contributed by atoms with E-state index < -0.39 is 0 Å². The van der Waals surface area contributed by atoms with E-state index in [0.29, 0.717) is 6.04 Å². The van der Waals surface area contributed by atoms with Crippen LogP contribution in [0.5, 0.6) is 0 Å². The minimum Gasteiger partial charge on any atom is -0.365 e. The van der Waals surface area contributed by atoms with Crippen LogP contribution < -0.4 is 5.32 Å². The van der Waals surface area contributed by atoms with Crippen LogP contribution in [0, 0.1) is 13.8 Å². The van der Waals surface area contributed by atoms with Gasteiger partial charge < -0.3 is 10.2 Å². The summed E-state index contributed by atoms with van der Waals surface area (Å²) < 4.78 is 0. The fourth-order valence-corrected chi connectivity index (χ4v) is 3.53. The first kappa shape index (κ1) is 11.9. The Labute approximate surface area is 111 Å². The molecule has 3 rings (SSSR count). The van der Waals surface area contributed by atoms with E-state index in [1.165, 1.54) is 22.2 Å². The first-order valence-corrected chi connectivity index (χ1v) is 7.12. The number of nitrogens with one attached hydrogen (secondary N) is 1. The summed E-state index contributed by atoms with van der Waals surface area (Å²) in [6, 6.07) is 0.507. The molecule has 0 aromatic carbocycles. The van der Waals surface area contributed by atoms with Crippen LogP contribution in [0.3, 0.4) is 0 Å². The van der Waals surface area contributed by atoms with Crippen LogP contribution in [0.1, 0.15) is 16.9 Å². The number of anilines is 1. The second-order valence-electron chi connectivity index (χ2n) is 5.08. The van der Waals surface area contributed by atoms with Crippen molar-refractivity contribution in [3.05, 3.63) is 16.8 Å². The van der Waals surface area contributed by atoms with Gasteiger partial charge in [-0.25, -0.2) is 9.97 Å². The predicted octanol–water partition coefficient (Wildman–Crippen LogP) is 2.42. The van der Waals surface area contributed by atoms with Crippen LogP contribution in [0.15, 0.2) is 6.33 Å². The molecule has 18 heavy (non-hydrogen) atoms. The quantitative estimate of drug-likeness (QED) is 0.902. The summed E-state index contributed by atoms with van der Waals surface area (Å²) >= 11 is 1.75.